The van der Waals surface area contributed by atoms with Crippen LogP contribution >= 0.6 is 11.3 Å². The van der Waals surface area contributed by atoms with E-state index in [9.17, 15) is 13.2 Å². The third-order valence-corrected chi connectivity index (χ3v) is 7.71. The van der Waals surface area contributed by atoms with Gasteiger partial charge < -0.3 is 16.0 Å². The average molecular weight is 416 g/mol. The summed E-state index contributed by atoms with van der Waals surface area (Å²) in [5.41, 5.74) is 5.33. The number of rotatable bonds is 8. The second-order valence-electron chi connectivity index (χ2n) is 6.62. The topological polar surface area (TPSA) is 108 Å². The van der Waals surface area contributed by atoms with Gasteiger partial charge >= 0.3 is 0 Å². The molecular formula is C17H29N5O3S2. The van der Waals surface area contributed by atoms with Gasteiger partial charge in [0.05, 0.1) is 6.54 Å². The van der Waals surface area contributed by atoms with Crippen molar-refractivity contribution in [3.05, 3.63) is 17.5 Å². The number of nitrogens with one attached hydrogen (secondary N) is 1. The van der Waals surface area contributed by atoms with Gasteiger partial charge in [-0.1, -0.05) is 6.07 Å². The van der Waals surface area contributed by atoms with Crippen LogP contribution in [0, 0.1) is 5.92 Å². The number of carbonyl (C=O) groups is 1. The van der Waals surface area contributed by atoms with Crippen molar-refractivity contribution < 1.29 is 13.2 Å². The quantitative estimate of drug-likeness (QED) is 0.485. The van der Waals surface area contributed by atoms with E-state index in [1.165, 1.54) is 15.6 Å². The van der Waals surface area contributed by atoms with Crippen LogP contribution in [0.4, 0.5) is 0 Å². The minimum Gasteiger partial charge on any atom is -0.370 e. The second kappa shape index (κ2) is 10.0. The first-order valence-electron chi connectivity index (χ1n) is 9.16. The van der Waals surface area contributed by atoms with Crippen molar-refractivity contribution in [3.8, 4) is 0 Å². The summed E-state index contributed by atoms with van der Waals surface area (Å²) in [4.78, 5) is 17.9. The summed E-state index contributed by atoms with van der Waals surface area (Å²) in [6.45, 7) is 4.98. The van der Waals surface area contributed by atoms with Gasteiger partial charge in [-0.3, -0.25) is 9.79 Å². The van der Waals surface area contributed by atoms with E-state index in [0.717, 1.165) is 38.4 Å². The fraction of sp³-hybridized carbons (Fsp3) is 0.647. The van der Waals surface area contributed by atoms with Gasteiger partial charge in [-0.2, -0.15) is 4.31 Å². The highest BCUT2D eigenvalue weighted by Gasteiger charge is 2.24. The molecule has 1 aliphatic rings. The molecule has 2 heterocycles. The number of likely N-dealkylation sites (N-methyl/N-ethyl adjacent to an activating group) is 1. The Hall–Kier alpha value is -1.65. The fourth-order valence-corrected chi connectivity index (χ4v) is 5.48. The zero-order valence-electron chi connectivity index (χ0n) is 15.9. The highest BCUT2D eigenvalue weighted by molar-refractivity contribution is 7.91. The molecule has 0 aliphatic carbocycles. The predicted molar refractivity (Wildman–Crippen MR) is 108 cm³/mol. The average Bonchev–Trinajstić information content (AvgIpc) is 3.16. The Morgan fingerprint density at radius 1 is 1.52 bits per heavy atom. The molecule has 27 heavy (non-hydrogen) atoms. The van der Waals surface area contributed by atoms with Crippen LogP contribution in [0.5, 0.6) is 0 Å². The van der Waals surface area contributed by atoms with Crippen molar-refractivity contribution in [2.75, 3.05) is 39.8 Å². The number of guanidine groups is 1. The molecule has 3 N–H and O–H groups in total. The van der Waals surface area contributed by atoms with E-state index in [1.54, 1.807) is 24.6 Å². The number of likely N-dealkylation sites (tertiary alicyclic amines) is 1. The summed E-state index contributed by atoms with van der Waals surface area (Å²) >= 11 is 1.21. The van der Waals surface area contributed by atoms with Crippen LogP contribution in [0.2, 0.25) is 0 Å². The smallest absolute Gasteiger partial charge is 0.252 e. The Balaban J connectivity index is 1.97. The lowest BCUT2D eigenvalue weighted by atomic mass is 9.95. The highest BCUT2D eigenvalue weighted by Crippen LogP contribution is 2.20. The van der Waals surface area contributed by atoms with Crippen LogP contribution in [0.1, 0.15) is 26.2 Å². The summed E-state index contributed by atoms with van der Waals surface area (Å²) in [6, 6.07) is 3.34. The predicted octanol–water partition coefficient (Wildman–Crippen LogP) is 0.922. The summed E-state index contributed by atoms with van der Waals surface area (Å²) in [7, 11) is -1.89. The highest BCUT2D eigenvalue weighted by atomic mass is 32.2. The number of sulfonamides is 1. The first-order chi connectivity index (χ1) is 12.8. The first-order valence-corrected chi connectivity index (χ1v) is 11.5. The molecule has 0 radical (unpaired) electrons. The number of hydrogen-bond donors (Lipinski definition) is 2. The Morgan fingerprint density at radius 2 is 2.30 bits per heavy atom. The number of piperidine rings is 1. The van der Waals surface area contributed by atoms with Gasteiger partial charge in [-0.05, 0) is 37.1 Å². The van der Waals surface area contributed by atoms with E-state index in [2.05, 4.69) is 15.2 Å². The zero-order chi connectivity index (χ0) is 19.9. The number of nitrogens with two attached hydrogens (primary N) is 1. The van der Waals surface area contributed by atoms with E-state index in [4.69, 9.17) is 5.73 Å². The van der Waals surface area contributed by atoms with Crippen LogP contribution in [-0.2, 0) is 14.8 Å². The van der Waals surface area contributed by atoms with Crippen molar-refractivity contribution in [1.82, 2.24) is 14.5 Å². The Labute approximate surface area is 165 Å². The lowest BCUT2D eigenvalue weighted by molar-refractivity contribution is -0.119. The summed E-state index contributed by atoms with van der Waals surface area (Å²) in [6.07, 6.45) is 2.35. The standard InChI is InChI=1S/C17H29N5O3S2/c1-3-19-17(22-9-4-6-14(13-22)12-15(18)23)20-8-10-21(2)27(24,25)16-7-5-11-26-16/h5,7,11,14H,3-4,6,8-10,12-13H2,1-2H3,(H2,18,23)(H,19,20). The van der Waals surface area contributed by atoms with E-state index in [1.807, 2.05) is 6.92 Å². The molecule has 1 atom stereocenters. The molecule has 1 unspecified atom stereocenters. The number of carbonyl (C=O) groups excluding carboxylic acids is 1. The normalized spacial score (nSPS) is 18.7. The second-order valence-corrected chi connectivity index (χ2v) is 9.84. The first kappa shape index (κ1) is 21.6. The van der Waals surface area contributed by atoms with Crippen molar-refractivity contribution in [1.29, 1.82) is 0 Å². The van der Waals surface area contributed by atoms with Crippen molar-refractivity contribution in [3.63, 3.8) is 0 Å². The van der Waals surface area contributed by atoms with Crippen molar-refractivity contribution in [2.24, 2.45) is 16.6 Å². The van der Waals surface area contributed by atoms with Crippen LogP contribution in [0.15, 0.2) is 26.7 Å². The third-order valence-electron chi connectivity index (χ3n) is 4.48. The van der Waals surface area contributed by atoms with E-state index < -0.39 is 10.0 Å². The Kier molecular flexibility index (Phi) is 8.06. The number of primary amides is 1. The monoisotopic (exact) mass is 415 g/mol. The van der Waals surface area contributed by atoms with Crippen LogP contribution in [-0.4, -0.2) is 69.3 Å². The molecule has 0 aromatic carbocycles. The molecular weight excluding hydrogens is 386 g/mol. The number of hydrogen-bond acceptors (Lipinski definition) is 5. The molecule has 8 nitrogen and oxygen atoms in total. The summed E-state index contributed by atoms with van der Waals surface area (Å²) in [5.74, 6) is 0.722. The van der Waals surface area contributed by atoms with Crippen LogP contribution in [0.3, 0.4) is 0 Å². The van der Waals surface area contributed by atoms with Gasteiger partial charge in [-0.15, -0.1) is 11.3 Å². The van der Waals surface area contributed by atoms with Crippen molar-refractivity contribution >= 4 is 33.2 Å². The molecule has 0 spiro atoms. The maximum atomic E-state index is 12.5. The molecule has 0 saturated carbocycles. The summed E-state index contributed by atoms with van der Waals surface area (Å²) in [5, 5.41) is 5.01. The Morgan fingerprint density at radius 3 is 2.93 bits per heavy atom. The SMILES string of the molecule is CCNC(=NCCN(C)S(=O)(=O)c1cccs1)N1CCCC(CC(N)=O)C1. The third kappa shape index (κ3) is 6.18. The van der Waals surface area contributed by atoms with Gasteiger partial charge in [0.25, 0.3) is 10.0 Å². The van der Waals surface area contributed by atoms with Crippen LogP contribution < -0.4 is 11.1 Å². The van der Waals surface area contributed by atoms with Crippen LogP contribution in [0.25, 0.3) is 0 Å². The van der Waals surface area contributed by atoms with E-state index in [0.29, 0.717) is 23.7 Å². The van der Waals surface area contributed by atoms with E-state index in [-0.39, 0.29) is 11.8 Å². The minimum atomic E-state index is -3.46. The molecule has 2 rings (SSSR count). The molecule has 1 fully saturated rings. The molecule has 1 amide bonds. The lowest BCUT2D eigenvalue weighted by Gasteiger charge is -2.34. The molecule has 1 aromatic heterocycles. The Bertz CT molecular complexity index is 734. The van der Waals surface area contributed by atoms with Gasteiger partial charge in [0.1, 0.15) is 4.21 Å². The molecule has 152 valence electrons. The van der Waals surface area contributed by atoms with Crippen molar-refractivity contribution in [2.45, 2.75) is 30.4 Å². The van der Waals surface area contributed by atoms with Gasteiger partial charge in [0.15, 0.2) is 5.96 Å². The summed E-state index contributed by atoms with van der Waals surface area (Å²) < 4.78 is 26.6. The maximum absolute atomic E-state index is 12.5. The number of aliphatic imine (C=N–C) groups is 1. The van der Waals surface area contributed by atoms with Gasteiger partial charge in [0.2, 0.25) is 5.91 Å². The van der Waals surface area contributed by atoms with E-state index >= 15 is 0 Å². The molecule has 1 saturated heterocycles. The number of amides is 1. The fourth-order valence-electron chi connectivity index (χ4n) is 3.12. The number of nitrogens with zero attached hydrogens (tertiary/aromatic N) is 3. The minimum absolute atomic E-state index is 0.238. The van der Waals surface area contributed by atoms with Gasteiger partial charge in [0, 0.05) is 39.6 Å². The zero-order valence-corrected chi connectivity index (χ0v) is 17.6. The lowest BCUT2D eigenvalue weighted by Crippen LogP contribution is -2.47. The molecule has 0 bridgehead atoms. The molecule has 1 aliphatic heterocycles. The maximum Gasteiger partial charge on any atom is 0.252 e. The largest absolute Gasteiger partial charge is 0.370 e. The molecule has 1 aromatic rings. The molecule has 10 heteroatoms. The van der Waals surface area contributed by atoms with Gasteiger partial charge in [-0.25, -0.2) is 8.42 Å². The number of thiophene rings is 1.